The zero-order valence-electron chi connectivity index (χ0n) is 13.3. The Hall–Kier alpha value is -1.83. The van der Waals surface area contributed by atoms with Crippen LogP contribution in [0, 0.1) is 0 Å². The molecular weight excluding hydrogens is 366 g/mol. The molecule has 8 heteroatoms. The van der Waals surface area contributed by atoms with E-state index >= 15 is 0 Å². The van der Waals surface area contributed by atoms with E-state index < -0.39 is 23.7 Å². The SMILES string of the molecule is CC(C)(C)OC(=O)N1CCN(c2cccc(Br)n2)[C@@H](C(=O)O)C1. The Labute approximate surface area is 143 Å². The first-order valence-corrected chi connectivity index (χ1v) is 8.06. The number of piperazine rings is 1. The molecule has 1 amide bonds. The molecule has 0 aliphatic carbocycles. The van der Waals surface area contributed by atoms with Crippen LogP contribution < -0.4 is 4.90 Å². The molecule has 1 fully saturated rings. The molecular formula is C15H20BrN3O4. The number of aliphatic carboxylic acids is 1. The number of hydrogen-bond donors (Lipinski definition) is 1. The zero-order valence-corrected chi connectivity index (χ0v) is 14.9. The number of pyridine rings is 1. The van der Waals surface area contributed by atoms with Gasteiger partial charge in [0.15, 0.2) is 0 Å². The topological polar surface area (TPSA) is 83.0 Å². The van der Waals surface area contributed by atoms with Gasteiger partial charge in [-0.25, -0.2) is 14.6 Å². The van der Waals surface area contributed by atoms with Crippen molar-refractivity contribution in [3.63, 3.8) is 0 Å². The highest BCUT2D eigenvalue weighted by Gasteiger charge is 2.36. The molecule has 1 aliphatic rings. The van der Waals surface area contributed by atoms with E-state index in [1.807, 2.05) is 0 Å². The Bertz CT molecular complexity index is 603. The predicted molar refractivity (Wildman–Crippen MR) is 88.5 cm³/mol. The van der Waals surface area contributed by atoms with Crippen molar-refractivity contribution in [2.45, 2.75) is 32.4 Å². The molecule has 0 radical (unpaired) electrons. The summed E-state index contributed by atoms with van der Waals surface area (Å²) in [6, 6.07) is 4.46. The average molecular weight is 386 g/mol. The summed E-state index contributed by atoms with van der Waals surface area (Å²) in [5, 5.41) is 9.51. The number of anilines is 1. The summed E-state index contributed by atoms with van der Waals surface area (Å²) in [4.78, 5) is 31.2. The van der Waals surface area contributed by atoms with Crippen molar-refractivity contribution in [3.05, 3.63) is 22.8 Å². The maximum Gasteiger partial charge on any atom is 0.410 e. The molecule has 0 saturated carbocycles. The molecule has 2 heterocycles. The third-order valence-corrected chi connectivity index (χ3v) is 3.75. The molecule has 0 aromatic carbocycles. The number of carboxylic acid groups (broad SMARTS) is 1. The normalized spacial score (nSPS) is 18.7. The van der Waals surface area contributed by atoms with Crippen LogP contribution in [0.25, 0.3) is 0 Å². The van der Waals surface area contributed by atoms with Crippen LogP contribution >= 0.6 is 15.9 Å². The molecule has 23 heavy (non-hydrogen) atoms. The number of rotatable bonds is 2. The van der Waals surface area contributed by atoms with Crippen LogP contribution in [0.1, 0.15) is 20.8 Å². The second-order valence-corrected chi connectivity index (χ2v) is 7.10. The number of ether oxygens (including phenoxy) is 1. The fraction of sp³-hybridized carbons (Fsp3) is 0.533. The Morgan fingerprint density at radius 2 is 2.04 bits per heavy atom. The minimum absolute atomic E-state index is 0.0540. The molecule has 1 aromatic heterocycles. The average Bonchev–Trinajstić information content (AvgIpc) is 2.44. The first-order chi connectivity index (χ1) is 10.7. The first kappa shape index (κ1) is 17.5. The maximum atomic E-state index is 12.1. The quantitative estimate of drug-likeness (QED) is 0.786. The molecule has 7 nitrogen and oxygen atoms in total. The van der Waals surface area contributed by atoms with Gasteiger partial charge in [0, 0.05) is 13.1 Å². The van der Waals surface area contributed by atoms with Gasteiger partial charge in [-0.05, 0) is 48.8 Å². The Morgan fingerprint density at radius 1 is 1.35 bits per heavy atom. The second kappa shape index (κ2) is 6.74. The van der Waals surface area contributed by atoms with E-state index in [0.29, 0.717) is 23.5 Å². The third-order valence-electron chi connectivity index (χ3n) is 3.31. The van der Waals surface area contributed by atoms with Gasteiger partial charge in [-0.2, -0.15) is 0 Å². The molecule has 1 N–H and O–H groups in total. The number of hydrogen-bond acceptors (Lipinski definition) is 5. The van der Waals surface area contributed by atoms with Crippen molar-refractivity contribution >= 4 is 33.8 Å². The highest BCUT2D eigenvalue weighted by Crippen LogP contribution is 2.22. The van der Waals surface area contributed by atoms with Crippen molar-refractivity contribution in [2.75, 3.05) is 24.5 Å². The lowest BCUT2D eigenvalue weighted by Gasteiger charge is -2.40. The van der Waals surface area contributed by atoms with E-state index in [9.17, 15) is 14.7 Å². The molecule has 0 bridgehead atoms. The number of amides is 1. The Morgan fingerprint density at radius 3 is 2.61 bits per heavy atom. The number of carboxylic acids is 1. The lowest BCUT2D eigenvalue weighted by atomic mass is 10.1. The lowest BCUT2D eigenvalue weighted by Crippen LogP contribution is -2.58. The molecule has 2 rings (SSSR count). The van der Waals surface area contributed by atoms with Crippen molar-refractivity contribution in [3.8, 4) is 0 Å². The van der Waals surface area contributed by atoms with E-state index in [1.165, 1.54) is 4.90 Å². The molecule has 0 unspecified atom stereocenters. The minimum Gasteiger partial charge on any atom is -0.480 e. The zero-order chi connectivity index (χ0) is 17.2. The smallest absolute Gasteiger partial charge is 0.410 e. The van der Waals surface area contributed by atoms with Gasteiger partial charge < -0.3 is 19.6 Å². The second-order valence-electron chi connectivity index (χ2n) is 6.29. The fourth-order valence-corrected chi connectivity index (χ4v) is 2.65. The third kappa shape index (κ3) is 4.57. The van der Waals surface area contributed by atoms with Crippen molar-refractivity contribution < 1.29 is 19.4 Å². The van der Waals surface area contributed by atoms with Crippen LogP contribution in [-0.4, -0.2) is 58.3 Å². The van der Waals surface area contributed by atoms with Gasteiger partial charge in [0.05, 0.1) is 6.54 Å². The number of nitrogens with zero attached hydrogens (tertiary/aromatic N) is 3. The van der Waals surface area contributed by atoms with E-state index in [0.717, 1.165) is 0 Å². The number of aromatic nitrogens is 1. The molecule has 1 atom stereocenters. The summed E-state index contributed by atoms with van der Waals surface area (Å²) in [6.07, 6.45) is -0.495. The highest BCUT2D eigenvalue weighted by atomic mass is 79.9. The van der Waals surface area contributed by atoms with Gasteiger partial charge in [-0.15, -0.1) is 0 Å². The highest BCUT2D eigenvalue weighted by molar-refractivity contribution is 9.10. The monoisotopic (exact) mass is 385 g/mol. The van der Waals surface area contributed by atoms with Gasteiger partial charge in [-0.3, -0.25) is 0 Å². The Kier molecular flexibility index (Phi) is 5.13. The molecule has 1 saturated heterocycles. The van der Waals surface area contributed by atoms with E-state index in [1.54, 1.807) is 43.9 Å². The van der Waals surface area contributed by atoms with Gasteiger partial charge >= 0.3 is 12.1 Å². The number of carbonyl (C=O) groups is 2. The standard InChI is InChI=1S/C15H20BrN3O4/c1-15(2,3)23-14(22)18-7-8-19(10(9-18)13(20)21)12-6-4-5-11(16)17-12/h4-6,10H,7-9H2,1-3H3,(H,20,21)/t10-/m1/s1. The van der Waals surface area contributed by atoms with Crippen LogP contribution in [0.2, 0.25) is 0 Å². The number of carbonyl (C=O) groups excluding carboxylic acids is 1. The summed E-state index contributed by atoms with van der Waals surface area (Å²) in [7, 11) is 0. The van der Waals surface area contributed by atoms with Crippen molar-refractivity contribution in [1.82, 2.24) is 9.88 Å². The summed E-state index contributed by atoms with van der Waals surface area (Å²) >= 11 is 3.28. The maximum absolute atomic E-state index is 12.1. The largest absolute Gasteiger partial charge is 0.480 e. The van der Waals surface area contributed by atoms with E-state index in [2.05, 4.69) is 20.9 Å². The van der Waals surface area contributed by atoms with Crippen LogP contribution in [0.15, 0.2) is 22.8 Å². The molecule has 0 spiro atoms. The van der Waals surface area contributed by atoms with E-state index in [4.69, 9.17) is 4.74 Å². The first-order valence-electron chi connectivity index (χ1n) is 7.27. The van der Waals surface area contributed by atoms with Crippen LogP contribution in [0.5, 0.6) is 0 Å². The minimum atomic E-state index is -1.000. The number of halogens is 1. The van der Waals surface area contributed by atoms with Crippen LogP contribution in [0.4, 0.5) is 10.6 Å². The van der Waals surface area contributed by atoms with Crippen LogP contribution in [-0.2, 0) is 9.53 Å². The summed E-state index contributed by atoms with van der Waals surface area (Å²) in [5.74, 6) is -0.435. The summed E-state index contributed by atoms with van der Waals surface area (Å²) in [5.41, 5.74) is -0.612. The summed E-state index contributed by atoms with van der Waals surface area (Å²) in [6.45, 7) is 6.15. The van der Waals surface area contributed by atoms with Crippen molar-refractivity contribution in [2.24, 2.45) is 0 Å². The molecule has 126 valence electrons. The van der Waals surface area contributed by atoms with Crippen LogP contribution in [0.3, 0.4) is 0 Å². The van der Waals surface area contributed by atoms with Gasteiger partial charge in [-0.1, -0.05) is 6.07 Å². The predicted octanol–water partition coefficient (Wildman–Crippen LogP) is 2.35. The molecule has 1 aromatic rings. The molecule has 1 aliphatic heterocycles. The summed E-state index contributed by atoms with van der Waals surface area (Å²) < 4.78 is 5.95. The van der Waals surface area contributed by atoms with E-state index in [-0.39, 0.29) is 6.54 Å². The van der Waals surface area contributed by atoms with Gasteiger partial charge in [0.2, 0.25) is 0 Å². The van der Waals surface area contributed by atoms with Crippen molar-refractivity contribution in [1.29, 1.82) is 0 Å². The Balaban J connectivity index is 2.15. The van der Waals surface area contributed by atoms with Gasteiger partial charge in [0.1, 0.15) is 22.1 Å². The lowest BCUT2D eigenvalue weighted by molar-refractivity contribution is -0.139. The fourth-order valence-electron chi connectivity index (χ4n) is 2.32. The van der Waals surface area contributed by atoms with Gasteiger partial charge in [0.25, 0.3) is 0 Å².